The van der Waals surface area contributed by atoms with Crippen LogP contribution in [-0.4, -0.2) is 12.6 Å². The molecule has 6 heteroatoms. The van der Waals surface area contributed by atoms with E-state index in [4.69, 9.17) is 21.1 Å². The van der Waals surface area contributed by atoms with E-state index in [0.717, 1.165) is 12.0 Å². The summed E-state index contributed by atoms with van der Waals surface area (Å²) < 4.78 is 25.2. The van der Waals surface area contributed by atoms with Crippen molar-refractivity contribution in [2.24, 2.45) is 0 Å². The van der Waals surface area contributed by atoms with Crippen LogP contribution in [0.15, 0.2) is 36.4 Å². The average Bonchev–Trinajstić information content (AvgIpc) is 2.60. The molecule has 0 heterocycles. The van der Waals surface area contributed by atoms with E-state index < -0.39 is 0 Å². The lowest BCUT2D eigenvalue weighted by Crippen LogP contribution is -2.24. The minimum Gasteiger partial charge on any atom is -0.490 e. The molecule has 0 aliphatic carbocycles. The number of hydrogen-bond acceptors (Lipinski definition) is 3. The van der Waals surface area contributed by atoms with Crippen LogP contribution in [0.1, 0.15) is 38.3 Å². The summed E-state index contributed by atoms with van der Waals surface area (Å²) in [5.41, 5.74) is 1.50. The van der Waals surface area contributed by atoms with Gasteiger partial charge >= 0.3 is 0 Å². The standard InChI is InChI=1S/C20H25ClFNO2.ClH/c1-4-14(3)23-12-15-10-17(21)20(19(11-15)24-5-2)25-13-16-8-6-7-9-18(16)22;/h6-11,14,23H,4-5,12-13H2,1-3H3;1H. The van der Waals surface area contributed by atoms with Crippen LogP contribution < -0.4 is 14.8 Å². The van der Waals surface area contributed by atoms with Crippen LogP contribution in [-0.2, 0) is 13.2 Å². The van der Waals surface area contributed by atoms with Crippen molar-refractivity contribution in [3.8, 4) is 11.5 Å². The molecule has 0 fully saturated rings. The Morgan fingerprint density at radius 1 is 1.15 bits per heavy atom. The summed E-state index contributed by atoms with van der Waals surface area (Å²) in [6, 6.07) is 10.7. The zero-order chi connectivity index (χ0) is 18.2. The average molecular weight is 402 g/mol. The highest BCUT2D eigenvalue weighted by molar-refractivity contribution is 6.32. The van der Waals surface area contributed by atoms with Gasteiger partial charge in [-0.1, -0.05) is 36.7 Å². The van der Waals surface area contributed by atoms with Gasteiger partial charge in [-0.05, 0) is 44.0 Å². The minimum absolute atomic E-state index is 0. The van der Waals surface area contributed by atoms with Crippen molar-refractivity contribution >= 4 is 24.0 Å². The molecule has 1 unspecified atom stereocenters. The molecule has 2 aromatic carbocycles. The van der Waals surface area contributed by atoms with Gasteiger partial charge in [-0.25, -0.2) is 4.39 Å². The van der Waals surface area contributed by atoms with Gasteiger partial charge in [-0.2, -0.15) is 0 Å². The van der Waals surface area contributed by atoms with Crippen molar-refractivity contribution < 1.29 is 13.9 Å². The maximum Gasteiger partial charge on any atom is 0.180 e. The number of rotatable bonds is 9. The summed E-state index contributed by atoms with van der Waals surface area (Å²) in [5.74, 6) is 0.720. The fourth-order valence-electron chi connectivity index (χ4n) is 2.33. The lowest BCUT2D eigenvalue weighted by atomic mass is 10.1. The summed E-state index contributed by atoms with van der Waals surface area (Å²) in [6.45, 7) is 7.46. The quantitative estimate of drug-likeness (QED) is 0.578. The third-order valence-corrected chi connectivity index (χ3v) is 4.25. The Hall–Kier alpha value is -1.49. The second-order valence-corrected chi connectivity index (χ2v) is 6.32. The lowest BCUT2D eigenvalue weighted by Gasteiger charge is -2.17. The molecule has 0 aliphatic rings. The highest BCUT2D eigenvalue weighted by atomic mass is 35.5. The third-order valence-electron chi connectivity index (χ3n) is 3.97. The van der Waals surface area contributed by atoms with Crippen LogP contribution in [0.2, 0.25) is 5.02 Å². The maximum absolute atomic E-state index is 13.8. The third kappa shape index (κ3) is 6.35. The van der Waals surface area contributed by atoms with Gasteiger partial charge in [0.1, 0.15) is 12.4 Å². The molecule has 0 aliphatic heterocycles. The van der Waals surface area contributed by atoms with Crippen LogP contribution in [0.25, 0.3) is 0 Å². The van der Waals surface area contributed by atoms with E-state index >= 15 is 0 Å². The van der Waals surface area contributed by atoms with Gasteiger partial charge in [0.05, 0.1) is 11.6 Å². The second kappa shape index (κ2) is 11.3. The molecule has 0 bridgehead atoms. The molecule has 0 saturated carbocycles. The van der Waals surface area contributed by atoms with Gasteiger partial charge in [-0.3, -0.25) is 0 Å². The van der Waals surface area contributed by atoms with Crippen LogP contribution >= 0.6 is 24.0 Å². The molecule has 26 heavy (non-hydrogen) atoms. The topological polar surface area (TPSA) is 30.5 Å². The monoisotopic (exact) mass is 401 g/mol. The first kappa shape index (κ1) is 22.6. The summed E-state index contributed by atoms with van der Waals surface area (Å²) in [7, 11) is 0. The van der Waals surface area contributed by atoms with Crippen molar-refractivity contribution in [3.05, 3.63) is 58.4 Å². The van der Waals surface area contributed by atoms with E-state index in [2.05, 4.69) is 19.2 Å². The first-order valence-electron chi connectivity index (χ1n) is 8.59. The van der Waals surface area contributed by atoms with Gasteiger partial charge in [0, 0.05) is 18.2 Å². The molecular formula is C20H26Cl2FNO2. The van der Waals surface area contributed by atoms with Crippen LogP contribution in [0.3, 0.4) is 0 Å². The van der Waals surface area contributed by atoms with Gasteiger partial charge in [0.2, 0.25) is 0 Å². The van der Waals surface area contributed by atoms with E-state index in [-0.39, 0.29) is 24.8 Å². The lowest BCUT2D eigenvalue weighted by molar-refractivity contribution is 0.265. The Morgan fingerprint density at radius 2 is 1.88 bits per heavy atom. The number of hydrogen-bond donors (Lipinski definition) is 1. The molecule has 0 amide bonds. The number of ether oxygens (including phenoxy) is 2. The molecule has 2 rings (SSSR count). The van der Waals surface area contributed by atoms with Crippen molar-refractivity contribution in [2.45, 2.75) is 46.4 Å². The zero-order valence-corrected chi connectivity index (χ0v) is 16.9. The summed E-state index contributed by atoms with van der Waals surface area (Å²) in [6.07, 6.45) is 1.05. The first-order chi connectivity index (χ1) is 12.0. The van der Waals surface area contributed by atoms with E-state index in [1.807, 2.05) is 19.1 Å². The van der Waals surface area contributed by atoms with Crippen LogP contribution in [0.4, 0.5) is 4.39 Å². The number of halogens is 3. The Bertz CT molecular complexity index is 698. The van der Waals surface area contributed by atoms with Crippen molar-refractivity contribution in [1.29, 1.82) is 0 Å². The smallest absolute Gasteiger partial charge is 0.180 e. The molecule has 0 radical (unpaired) electrons. The Balaban J connectivity index is 0.00000338. The van der Waals surface area contributed by atoms with E-state index in [1.165, 1.54) is 6.07 Å². The highest BCUT2D eigenvalue weighted by Gasteiger charge is 2.14. The maximum atomic E-state index is 13.8. The molecule has 0 aromatic heterocycles. The fraction of sp³-hybridized carbons (Fsp3) is 0.400. The first-order valence-corrected chi connectivity index (χ1v) is 8.97. The summed E-state index contributed by atoms with van der Waals surface area (Å²) in [4.78, 5) is 0. The molecule has 0 spiro atoms. The van der Waals surface area contributed by atoms with Crippen LogP contribution in [0.5, 0.6) is 11.5 Å². The minimum atomic E-state index is -0.300. The molecule has 3 nitrogen and oxygen atoms in total. The Kier molecular flexibility index (Phi) is 9.78. The molecule has 1 atom stereocenters. The predicted molar refractivity (Wildman–Crippen MR) is 107 cm³/mol. The highest BCUT2D eigenvalue weighted by Crippen LogP contribution is 2.37. The Labute approximate surface area is 166 Å². The normalized spacial score (nSPS) is 11.6. The van der Waals surface area contributed by atoms with E-state index in [1.54, 1.807) is 18.2 Å². The van der Waals surface area contributed by atoms with Gasteiger partial charge in [-0.15, -0.1) is 12.4 Å². The summed E-state index contributed by atoms with van der Waals surface area (Å²) >= 11 is 6.40. The second-order valence-electron chi connectivity index (χ2n) is 5.91. The fourth-order valence-corrected chi connectivity index (χ4v) is 2.62. The van der Waals surface area contributed by atoms with Crippen molar-refractivity contribution in [2.75, 3.05) is 6.61 Å². The largest absolute Gasteiger partial charge is 0.490 e. The van der Waals surface area contributed by atoms with Crippen LogP contribution in [0, 0.1) is 5.82 Å². The van der Waals surface area contributed by atoms with E-state index in [9.17, 15) is 4.39 Å². The van der Waals surface area contributed by atoms with Crippen molar-refractivity contribution in [1.82, 2.24) is 5.32 Å². The Morgan fingerprint density at radius 3 is 2.54 bits per heavy atom. The molecule has 1 N–H and O–H groups in total. The zero-order valence-electron chi connectivity index (χ0n) is 15.4. The molecule has 144 valence electrons. The van der Waals surface area contributed by atoms with Gasteiger partial charge in [0.25, 0.3) is 0 Å². The number of benzene rings is 2. The van der Waals surface area contributed by atoms with Gasteiger partial charge in [0.15, 0.2) is 11.5 Å². The molecule has 2 aromatic rings. The summed E-state index contributed by atoms with van der Waals surface area (Å²) in [5, 5.41) is 3.89. The number of nitrogens with one attached hydrogen (secondary N) is 1. The van der Waals surface area contributed by atoms with E-state index in [0.29, 0.717) is 41.3 Å². The van der Waals surface area contributed by atoms with Gasteiger partial charge < -0.3 is 14.8 Å². The van der Waals surface area contributed by atoms with Crippen molar-refractivity contribution in [3.63, 3.8) is 0 Å². The molecular weight excluding hydrogens is 376 g/mol. The SMILES string of the molecule is CCOc1cc(CNC(C)CC)cc(Cl)c1OCc1ccccc1F.Cl. The molecule has 0 saturated heterocycles. The predicted octanol–water partition coefficient (Wildman–Crippen LogP) is 5.77.